The normalized spacial score (nSPS) is 10.2. The summed E-state index contributed by atoms with van der Waals surface area (Å²) in [7, 11) is 0. The molecule has 0 spiro atoms. The van der Waals surface area contributed by atoms with Gasteiger partial charge in [0.25, 0.3) is 0 Å². The third-order valence-corrected chi connectivity index (χ3v) is 3.72. The fraction of sp³-hybridized carbons (Fsp3) is 0.300. The lowest BCUT2D eigenvalue weighted by atomic mass is 10.1. The molecule has 0 radical (unpaired) electrons. The Morgan fingerprint density at radius 1 is 0.920 bits per heavy atom. The van der Waals surface area contributed by atoms with Gasteiger partial charge in [-0.2, -0.15) is 0 Å². The number of ether oxygens (including phenoxy) is 1. The van der Waals surface area contributed by atoms with E-state index in [2.05, 4.69) is 29.7 Å². The van der Waals surface area contributed by atoms with Crippen LogP contribution in [0.3, 0.4) is 0 Å². The van der Waals surface area contributed by atoms with Gasteiger partial charge in [0.2, 0.25) is 5.91 Å². The second-order valence-electron chi connectivity index (χ2n) is 5.57. The van der Waals surface area contributed by atoms with Crippen molar-refractivity contribution in [2.75, 3.05) is 23.8 Å². The van der Waals surface area contributed by atoms with E-state index in [9.17, 15) is 9.59 Å². The average Bonchev–Trinajstić information content (AvgIpc) is 2.63. The zero-order valence-electron chi connectivity index (χ0n) is 14.7. The van der Waals surface area contributed by atoms with Crippen molar-refractivity contribution in [3.05, 3.63) is 59.7 Å². The Balaban J connectivity index is 1.76. The van der Waals surface area contributed by atoms with Gasteiger partial charge in [0.1, 0.15) is 0 Å². The first-order valence-electron chi connectivity index (χ1n) is 8.52. The zero-order valence-corrected chi connectivity index (χ0v) is 14.7. The first-order valence-corrected chi connectivity index (χ1v) is 8.52. The number of esters is 1. The smallest absolute Gasteiger partial charge is 0.338 e. The van der Waals surface area contributed by atoms with Crippen LogP contribution in [0.2, 0.25) is 0 Å². The number of carbonyl (C=O) groups excluding carboxylic acids is 2. The lowest BCUT2D eigenvalue weighted by Crippen LogP contribution is -2.16. The van der Waals surface area contributed by atoms with Gasteiger partial charge in [-0.25, -0.2) is 4.79 Å². The molecule has 0 aliphatic heterocycles. The predicted molar refractivity (Wildman–Crippen MR) is 100.0 cm³/mol. The molecular weight excluding hydrogens is 316 g/mol. The van der Waals surface area contributed by atoms with Gasteiger partial charge in [-0.15, -0.1) is 0 Å². The van der Waals surface area contributed by atoms with Crippen molar-refractivity contribution in [2.45, 2.75) is 26.7 Å². The number of nitrogens with one attached hydrogen (secondary N) is 2. The highest BCUT2D eigenvalue weighted by Crippen LogP contribution is 2.12. The van der Waals surface area contributed by atoms with Gasteiger partial charge in [-0.3, -0.25) is 4.79 Å². The average molecular weight is 340 g/mol. The van der Waals surface area contributed by atoms with E-state index < -0.39 is 0 Å². The molecule has 0 heterocycles. The Morgan fingerprint density at radius 2 is 1.56 bits per heavy atom. The molecule has 0 saturated heterocycles. The van der Waals surface area contributed by atoms with Crippen LogP contribution in [0.15, 0.2) is 48.5 Å². The third kappa shape index (κ3) is 5.95. The molecule has 0 fully saturated rings. The minimum atomic E-state index is -0.362. The standard InChI is InChI=1S/C20H24N2O3/c1-3-15-5-9-17(10-6-15)21-14-13-19(23)22-18-11-7-16(8-12-18)20(24)25-4-2/h5-12,21H,3-4,13-14H2,1-2H3,(H,22,23). The first-order chi connectivity index (χ1) is 12.1. The highest BCUT2D eigenvalue weighted by atomic mass is 16.5. The Labute approximate surface area is 148 Å². The molecule has 0 aliphatic carbocycles. The summed E-state index contributed by atoms with van der Waals surface area (Å²) in [5.41, 5.74) is 3.42. The molecule has 132 valence electrons. The van der Waals surface area contributed by atoms with Crippen LogP contribution in [0.25, 0.3) is 0 Å². The molecule has 5 heteroatoms. The molecule has 2 N–H and O–H groups in total. The highest BCUT2D eigenvalue weighted by Gasteiger charge is 2.07. The summed E-state index contributed by atoms with van der Waals surface area (Å²) in [4.78, 5) is 23.6. The van der Waals surface area contributed by atoms with Crippen molar-refractivity contribution < 1.29 is 14.3 Å². The number of benzene rings is 2. The number of carbonyl (C=O) groups is 2. The van der Waals surface area contributed by atoms with Crippen LogP contribution in [0.1, 0.15) is 36.2 Å². The monoisotopic (exact) mass is 340 g/mol. The van der Waals surface area contributed by atoms with Crippen molar-refractivity contribution in [3.8, 4) is 0 Å². The summed E-state index contributed by atoms with van der Waals surface area (Å²) < 4.78 is 4.92. The van der Waals surface area contributed by atoms with Crippen LogP contribution < -0.4 is 10.6 Å². The summed E-state index contributed by atoms with van der Waals surface area (Å²) in [6.07, 6.45) is 1.37. The Hall–Kier alpha value is -2.82. The van der Waals surface area contributed by atoms with Crippen molar-refractivity contribution in [3.63, 3.8) is 0 Å². The van der Waals surface area contributed by atoms with Gasteiger partial charge in [0.15, 0.2) is 0 Å². The summed E-state index contributed by atoms with van der Waals surface area (Å²) in [6.45, 7) is 4.77. The van der Waals surface area contributed by atoms with Gasteiger partial charge in [-0.1, -0.05) is 19.1 Å². The maximum atomic E-state index is 12.0. The van der Waals surface area contributed by atoms with E-state index in [1.165, 1.54) is 5.56 Å². The van der Waals surface area contributed by atoms with E-state index >= 15 is 0 Å². The summed E-state index contributed by atoms with van der Waals surface area (Å²) in [5.74, 6) is -0.444. The molecular formula is C20H24N2O3. The van der Waals surface area contributed by atoms with Crippen LogP contribution >= 0.6 is 0 Å². The van der Waals surface area contributed by atoms with Crippen molar-refractivity contribution in [1.29, 1.82) is 0 Å². The summed E-state index contributed by atoms with van der Waals surface area (Å²) >= 11 is 0. The van der Waals surface area contributed by atoms with E-state index in [-0.39, 0.29) is 11.9 Å². The first kappa shape index (κ1) is 18.5. The number of hydrogen-bond donors (Lipinski definition) is 2. The number of anilines is 2. The van der Waals surface area contributed by atoms with Gasteiger partial charge in [-0.05, 0) is 55.3 Å². The van der Waals surface area contributed by atoms with E-state index in [4.69, 9.17) is 4.74 Å². The molecule has 2 rings (SSSR count). The van der Waals surface area contributed by atoms with E-state index in [0.717, 1.165) is 12.1 Å². The number of aryl methyl sites for hydroxylation is 1. The molecule has 2 aromatic carbocycles. The van der Waals surface area contributed by atoms with Crippen LogP contribution in [0, 0.1) is 0 Å². The maximum absolute atomic E-state index is 12.0. The van der Waals surface area contributed by atoms with Crippen molar-refractivity contribution in [1.82, 2.24) is 0 Å². The third-order valence-electron chi connectivity index (χ3n) is 3.72. The predicted octanol–water partition coefficient (Wildman–Crippen LogP) is 3.87. The molecule has 0 atom stereocenters. The Kier molecular flexibility index (Phi) is 7.01. The fourth-order valence-electron chi connectivity index (χ4n) is 2.31. The highest BCUT2D eigenvalue weighted by molar-refractivity contribution is 5.93. The molecule has 5 nitrogen and oxygen atoms in total. The number of rotatable bonds is 8. The second-order valence-corrected chi connectivity index (χ2v) is 5.57. The molecule has 2 aromatic rings. The molecule has 0 bridgehead atoms. The quantitative estimate of drug-likeness (QED) is 0.716. The second kappa shape index (κ2) is 9.47. The molecule has 25 heavy (non-hydrogen) atoms. The maximum Gasteiger partial charge on any atom is 0.338 e. The lowest BCUT2D eigenvalue weighted by molar-refractivity contribution is -0.115. The van der Waals surface area contributed by atoms with E-state index in [0.29, 0.717) is 30.8 Å². The Morgan fingerprint density at radius 3 is 2.16 bits per heavy atom. The fourth-order valence-corrected chi connectivity index (χ4v) is 2.31. The van der Waals surface area contributed by atoms with E-state index in [1.807, 2.05) is 12.1 Å². The van der Waals surface area contributed by atoms with Gasteiger partial charge in [0.05, 0.1) is 12.2 Å². The summed E-state index contributed by atoms with van der Waals surface area (Å²) in [5, 5.41) is 6.04. The minimum absolute atomic E-state index is 0.0819. The number of hydrogen-bond acceptors (Lipinski definition) is 4. The summed E-state index contributed by atoms with van der Waals surface area (Å²) in [6, 6.07) is 14.9. The van der Waals surface area contributed by atoms with Crippen LogP contribution in [-0.4, -0.2) is 25.0 Å². The SMILES string of the molecule is CCOC(=O)c1ccc(NC(=O)CCNc2ccc(CC)cc2)cc1. The van der Waals surface area contributed by atoms with Crippen LogP contribution in [0.5, 0.6) is 0 Å². The van der Waals surface area contributed by atoms with Crippen molar-refractivity contribution >= 4 is 23.3 Å². The van der Waals surface area contributed by atoms with Crippen molar-refractivity contribution in [2.24, 2.45) is 0 Å². The lowest BCUT2D eigenvalue weighted by Gasteiger charge is -2.09. The van der Waals surface area contributed by atoms with E-state index in [1.54, 1.807) is 31.2 Å². The molecule has 1 amide bonds. The molecule has 0 unspecified atom stereocenters. The van der Waals surface area contributed by atoms with Gasteiger partial charge >= 0.3 is 5.97 Å². The van der Waals surface area contributed by atoms with Crippen LogP contribution in [0.4, 0.5) is 11.4 Å². The topological polar surface area (TPSA) is 67.4 Å². The zero-order chi connectivity index (χ0) is 18.1. The minimum Gasteiger partial charge on any atom is -0.462 e. The molecule has 0 aromatic heterocycles. The Bertz CT molecular complexity index is 694. The van der Waals surface area contributed by atoms with Gasteiger partial charge < -0.3 is 15.4 Å². The molecule has 0 aliphatic rings. The van der Waals surface area contributed by atoms with Gasteiger partial charge in [0, 0.05) is 24.3 Å². The number of amides is 1. The molecule has 0 saturated carbocycles. The largest absolute Gasteiger partial charge is 0.462 e. The van der Waals surface area contributed by atoms with Crippen LogP contribution in [-0.2, 0) is 16.0 Å².